The van der Waals surface area contributed by atoms with Crippen LogP contribution in [0.4, 0.5) is 0 Å². The third-order valence-electron chi connectivity index (χ3n) is 2.19. The molecule has 1 atom stereocenters. The Bertz CT molecular complexity index is 305. The van der Waals surface area contributed by atoms with Crippen molar-refractivity contribution < 1.29 is 4.74 Å². The molecule has 0 spiro atoms. The van der Waals surface area contributed by atoms with Crippen LogP contribution in [0.1, 0.15) is 25.3 Å². The van der Waals surface area contributed by atoms with Gasteiger partial charge in [0.05, 0.1) is 6.07 Å². The normalized spacial score (nSPS) is 12.0. The maximum atomic E-state index is 8.66. The standard InChI is InChI=1S/C12H16N2O/c1-2-12(10-13)15-9-3-4-11-5-7-14-8-6-11/h5-8,12H,2-4,9H2,1H3. The SMILES string of the molecule is CCC(C#N)OCCCc1ccncc1. The lowest BCUT2D eigenvalue weighted by Crippen LogP contribution is -2.10. The highest BCUT2D eigenvalue weighted by Gasteiger charge is 2.02. The average Bonchev–Trinajstić information content (AvgIpc) is 2.31. The molecule has 1 rings (SSSR count). The lowest BCUT2D eigenvalue weighted by atomic mass is 10.1. The third kappa shape index (κ3) is 4.57. The largest absolute Gasteiger partial charge is 0.363 e. The van der Waals surface area contributed by atoms with Crippen molar-refractivity contribution in [3.63, 3.8) is 0 Å². The molecule has 0 aliphatic carbocycles. The van der Waals surface area contributed by atoms with Crippen molar-refractivity contribution in [2.24, 2.45) is 0 Å². The topological polar surface area (TPSA) is 45.9 Å². The van der Waals surface area contributed by atoms with Crippen LogP contribution in [0.2, 0.25) is 0 Å². The zero-order valence-corrected chi connectivity index (χ0v) is 9.02. The van der Waals surface area contributed by atoms with Crippen molar-refractivity contribution in [1.82, 2.24) is 4.98 Å². The van der Waals surface area contributed by atoms with Crippen LogP contribution in [0, 0.1) is 11.3 Å². The van der Waals surface area contributed by atoms with Crippen molar-refractivity contribution >= 4 is 0 Å². The van der Waals surface area contributed by atoms with E-state index in [9.17, 15) is 0 Å². The van der Waals surface area contributed by atoms with E-state index in [1.54, 1.807) is 12.4 Å². The summed E-state index contributed by atoms with van der Waals surface area (Å²) in [5, 5.41) is 8.66. The third-order valence-corrected chi connectivity index (χ3v) is 2.19. The first kappa shape index (κ1) is 11.7. The van der Waals surface area contributed by atoms with Gasteiger partial charge in [-0.3, -0.25) is 4.98 Å². The van der Waals surface area contributed by atoms with Gasteiger partial charge in [0.25, 0.3) is 0 Å². The maximum Gasteiger partial charge on any atom is 0.143 e. The summed E-state index contributed by atoms with van der Waals surface area (Å²) in [6, 6.07) is 6.12. The van der Waals surface area contributed by atoms with E-state index >= 15 is 0 Å². The van der Waals surface area contributed by atoms with E-state index in [1.165, 1.54) is 5.56 Å². The Morgan fingerprint density at radius 1 is 1.47 bits per heavy atom. The van der Waals surface area contributed by atoms with Gasteiger partial charge in [-0.2, -0.15) is 5.26 Å². The second-order valence-corrected chi connectivity index (χ2v) is 3.36. The molecule has 0 aliphatic heterocycles. The van der Waals surface area contributed by atoms with Gasteiger partial charge in [0.1, 0.15) is 6.10 Å². The van der Waals surface area contributed by atoms with Gasteiger partial charge in [-0.1, -0.05) is 6.92 Å². The minimum Gasteiger partial charge on any atom is -0.363 e. The first-order valence-corrected chi connectivity index (χ1v) is 5.27. The van der Waals surface area contributed by atoms with Crippen LogP contribution in [0.25, 0.3) is 0 Å². The zero-order chi connectivity index (χ0) is 10.9. The van der Waals surface area contributed by atoms with Crippen LogP contribution in [-0.2, 0) is 11.2 Å². The molecular formula is C12H16N2O. The fraction of sp³-hybridized carbons (Fsp3) is 0.500. The van der Waals surface area contributed by atoms with E-state index in [4.69, 9.17) is 10.00 Å². The Kier molecular flexibility index (Phi) is 5.42. The summed E-state index contributed by atoms with van der Waals surface area (Å²) in [6.45, 7) is 2.60. The molecule has 3 nitrogen and oxygen atoms in total. The number of aromatic nitrogens is 1. The van der Waals surface area contributed by atoms with Gasteiger partial charge in [-0.05, 0) is 37.0 Å². The van der Waals surface area contributed by atoms with Crippen molar-refractivity contribution in [3.05, 3.63) is 30.1 Å². The van der Waals surface area contributed by atoms with Crippen molar-refractivity contribution in [1.29, 1.82) is 5.26 Å². The smallest absolute Gasteiger partial charge is 0.143 e. The minimum atomic E-state index is -0.248. The Hall–Kier alpha value is -1.40. The van der Waals surface area contributed by atoms with Crippen molar-refractivity contribution in [2.75, 3.05) is 6.61 Å². The predicted octanol–water partition coefficient (Wildman–Crippen LogP) is 2.33. The van der Waals surface area contributed by atoms with Crippen molar-refractivity contribution in [3.8, 4) is 6.07 Å². The summed E-state index contributed by atoms with van der Waals surface area (Å²) in [6.07, 6.45) is 6.02. The Morgan fingerprint density at radius 3 is 2.80 bits per heavy atom. The molecule has 15 heavy (non-hydrogen) atoms. The number of aryl methyl sites for hydroxylation is 1. The van der Waals surface area contributed by atoms with Gasteiger partial charge >= 0.3 is 0 Å². The first-order chi connectivity index (χ1) is 7.36. The molecular weight excluding hydrogens is 188 g/mol. The Balaban J connectivity index is 2.15. The summed E-state index contributed by atoms with van der Waals surface area (Å²) in [7, 11) is 0. The van der Waals surface area contributed by atoms with Crippen molar-refractivity contribution in [2.45, 2.75) is 32.3 Å². The average molecular weight is 204 g/mol. The van der Waals surface area contributed by atoms with Gasteiger partial charge in [-0.25, -0.2) is 0 Å². The molecule has 1 aromatic heterocycles. The number of pyridine rings is 1. The molecule has 0 saturated carbocycles. The van der Waals surface area contributed by atoms with Crippen LogP contribution in [0.3, 0.4) is 0 Å². The highest BCUT2D eigenvalue weighted by Crippen LogP contribution is 2.03. The molecule has 0 fully saturated rings. The van der Waals surface area contributed by atoms with Crippen LogP contribution in [0.5, 0.6) is 0 Å². The van der Waals surface area contributed by atoms with E-state index in [-0.39, 0.29) is 6.10 Å². The van der Waals surface area contributed by atoms with E-state index in [2.05, 4.69) is 11.1 Å². The molecule has 0 radical (unpaired) electrons. The van der Waals surface area contributed by atoms with E-state index < -0.39 is 0 Å². The summed E-state index contributed by atoms with van der Waals surface area (Å²) >= 11 is 0. The summed E-state index contributed by atoms with van der Waals surface area (Å²) in [4.78, 5) is 3.95. The highest BCUT2D eigenvalue weighted by molar-refractivity contribution is 5.09. The predicted molar refractivity (Wildman–Crippen MR) is 58.2 cm³/mol. The molecule has 1 unspecified atom stereocenters. The fourth-order valence-corrected chi connectivity index (χ4v) is 1.30. The first-order valence-electron chi connectivity index (χ1n) is 5.27. The second-order valence-electron chi connectivity index (χ2n) is 3.36. The second kappa shape index (κ2) is 6.97. The van der Waals surface area contributed by atoms with Crippen LogP contribution in [0.15, 0.2) is 24.5 Å². The number of hydrogen-bond acceptors (Lipinski definition) is 3. The van der Waals surface area contributed by atoms with Gasteiger partial charge < -0.3 is 4.74 Å². The van der Waals surface area contributed by atoms with Crippen LogP contribution >= 0.6 is 0 Å². The van der Waals surface area contributed by atoms with Gasteiger partial charge in [-0.15, -0.1) is 0 Å². The lowest BCUT2D eigenvalue weighted by molar-refractivity contribution is 0.0859. The quantitative estimate of drug-likeness (QED) is 0.668. The summed E-state index contributed by atoms with van der Waals surface area (Å²) in [5.41, 5.74) is 1.26. The van der Waals surface area contributed by atoms with E-state index in [0.717, 1.165) is 19.3 Å². The highest BCUT2D eigenvalue weighted by atomic mass is 16.5. The van der Waals surface area contributed by atoms with E-state index in [0.29, 0.717) is 6.61 Å². The van der Waals surface area contributed by atoms with Gasteiger partial charge in [0.15, 0.2) is 0 Å². The summed E-state index contributed by atoms with van der Waals surface area (Å²) in [5.74, 6) is 0. The van der Waals surface area contributed by atoms with Crippen LogP contribution in [-0.4, -0.2) is 17.7 Å². The van der Waals surface area contributed by atoms with Gasteiger partial charge in [0.2, 0.25) is 0 Å². The molecule has 1 heterocycles. The molecule has 0 saturated heterocycles. The van der Waals surface area contributed by atoms with Crippen LogP contribution < -0.4 is 0 Å². The van der Waals surface area contributed by atoms with E-state index in [1.807, 2.05) is 19.1 Å². The number of nitrogens with zero attached hydrogens (tertiary/aromatic N) is 2. The molecule has 80 valence electrons. The molecule has 3 heteroatoms. The number of ether oxygens (including phenoxy) is 1. The maximum absolute atomic E-state index is 8.66. The number of nitriles is 1. The molecule has 0 bridgehead atoms. The fourth-order valence-electron chi connectivity index (χ4n) is 1.30. The number of hydrogen-bond donors (Lipinski definition) is 0. The number of rotatable bonds is 6. The lowest BCUT2D eigenvalue weighted by Gasteiger charge is -2.07. The summed E-state index contributed by atoms with van der Waals surface area (Å²) < 4.78 is 5.39. The molecule has 0 aliphatic rings. The molecule has 1 aromatic rings. The molecule has 0 amide bonds. The molecule has 0 N–H and O–H groups in total. The van der Waals surface area contributed by atoms with Gasteiger partial charge in [0, 0.05) is 19.0 Å². The zero-order valence-electron chi connectivity index (χ0n) is 9.02. The Morgan fingerprint density at radius 2 is 2.20 bits per heavy atom. The monoisotopic (exact) mass is 204 g/mol. The molecule has 0 aromatic carbocycles. The minimum absolute atomic E-state index is 0.248. The Labute approximate surface area is 90.7 Å².